The maximum absolute atomic E-state index is 15.1. The van der Waals surface area contributed by atoms with Crippen molar-refractivity contribution in [3.63, 3.8) is 0 Å². The fraction of sp³-hybridized carbons (Fsp3) is 0.634. The van der Waals surface area contributed by atoms with E-state index in [0.717, 1.165) is 31.2 Å². The van der Waals surface area contributed by atoms with Crippen LogP contribution in [0.1, 0.15) is 115 Å². The number of hydrogen-bond donors (Lipinski definition) is 3. The number of ether oxygens (including phenoxy) is 1. The van der Waals surface area contributed by atoms with Crippen LogP contribution < -0.4 is 14.8 Å². The van der Waals surface area contributed by atoms with Crippen LogP contribution >= 0.6 is 0 Å². The van der Waals surface area contributed by atoms with Gasteiger partial charge in [-0.2, -0.15) is 0 Å². The van der Waals surface area contributed by atoms with Crippen molar-refractivity contribution >= 4 is 44.7 Å². The Morgan fingerprint density at radius 3 is 2.59 bits per heavy atom. The number of aromatic nitrogens is 1. The molecule has 4 fully saturated rings. The van der Waals surface area contributed by atoms with E-state index in [1.165, 1.54) is 15.9 Å². The summed E-state index contributed by atoms with van der Waals surface area (Å²) in [5.41, 5.74) is -0.827. The molecule has 0 bridgehead atoms. The maximum Gasteiger partial charge on any atom is 0.407 e. The molecule has 3 saturated carbocycles. The molecule has 15 heteroatoms. The van der Waals surface area contributed by atoms with Crippen LogP contribution in [0.15, 0.2) is 30.4 Å². The first kappa shape index (κ1) is 38.6. The molecule has 5 atom stereocenters. The molecular formula is C41H52FN5O8S. The van der Waals surface area contributed by atoms with Gasteiger partial charge in [-0.1, -0.05) is 51.0 Å². The number of halogens is 1. The van der Waals surface area contributed by atoms with Gasteiger partial charge >= 0.3 is 6.09 Å². The van der Waals surface area contributed by atoms with Gasteiger partial charge in [-0.3, -0.25) is 24.0 Å². The molecule has 1 aromatic carbocycles. The molecule has 2 aromatic rings. The second-order valence-corrected chi connectivity index (χ2v) is 19.9. The van der Waals surface area contributed by atoms with E-state index in [2.05, 4.69) is 10.0 Å². The predicted molar refractivity (Wildman–Crippen MR) is 205 cm³/mol. The predicted octanol–water partition coefficient (Wildman–Crippen LogP) is 5.31. The Hall–Kier alpha value is -4.27. The zero-order chi connectivity index (χ0) is 39.8. The SMILES string of the molecule is CC(C)CN(C(=O)O)[C@H]1CCCCC/C=C\[C@@H]2C[C@@]2(C(=O)NS(=O)(=O)C2(C)CC2)NC(=O)[C@@H]2C[C@]3(CCc4c(c(C5CC5)nc5c(F)cccc45)O3)CN2C1=O. The number of nitrogens with zero attached hydrogens (tertiary/aromatic N) is 3. The number of carboxylic acid groups (broad SMARTS) is 1. The van der Waals surface area contributed by atoms with Gasteiger partial charge in [0.15, 0.2) is 0 Å². The van der Waals surface area contributed by atoms with Crippen LogP contribution in [0.2, 0.25) is 0 Å². The Balaban J connectivity index is 1.18. The number of para-hydroxylation sites is 1. The number of pyridine rings is 1. The maximum atomic E-state index is 15.1. The molecule has 56 heavy (non-hydrogen) atoms. The minimum atomic E-state index is -4.02. The van der Waals surface area contributed by atoms with Gasteiger partial charge in [-0.25, -0.2) is 22.6 Å². The van der Waals surface area contributed by atoms with Gasteiger partial charge in [0.25, 0.3) is 5.91 Å². The van der Waals surface area contributed by atoms with Crippen LogP contribution in [0.5, 0.6) is 5.75 Å². The molecule has 3 aliphatic heterocycles. The largest absolute Gasteiger partial charge is 0.483 e. The Labute approximate surface area is 326 Å². The summed E-state index contributed by atoms with van der Waals surface area (Å²) >= 11 is 0. The molecule has 1 saturated heterocycles. The summed E-state index contributed by atoms with van der Waals surface area (Å²) in [7, 11) is -4.02. The van der Waals surface area contributed by atoms with Crippen LogP contribution in [0.4, 0.5) is 9.18 Å². The third-order valence-corrected chi connectivity index (χ3v) is 15.1. The van der Waals surface area contributed by atoms with Crippen LogP contribution in [0.25, 0.3) is 10.9 Å². The Bertz CT molecular complexity index is 2120. The summed E-state index contributed by atoms with van der Waals surface area (Å²) < 4.78 is 49.8. The van der Waals surface area contributed by atoms with Gasteiger partial charge in [0.2, 0.25) is 21.8 Å². The number of aryl methyl sites for hydroxylation is 1. The molecule has 3 N–H and O–H groups in total. The van der Waals surface area contributed by atoms with Gasteiger partial charge in [0.1, 0.15) is 40.3 Å². The van der Waals surface area contributed by atoms with Crippen molar-refractivity contribution in [1.29, 1.82) is 0 Å². The highest BCUT2D eigenvalue weighted by atomic mass is 32.2. The van der Waals surface area contributed by atoms with Gasteiger partial charge < -0.3 is 20.1 Å². The fourth-order valence-corrected chi connectivity index (χ4v) is 10.4. The van der Waals surface area contributed by atoms with Crippen LogP contribution in [0.3, 0.4) is 0 Å². The quantitative estimate of drug-likeness (QED) is 0.314. The van der Waals surface area contributed by atoms with Crippen LogP contribution in [-0.2, 0) is 30.8 Å². The molecule has 8 rings (SSSR count). The van der Waals surface area contributed by atoms with Crippen molar-refractivity contribution in [3.05, 3.63) is 47.4 Å². The second kappa shape index (κ2) is 14.0. The number of benzene rings is 1. The molecule has 13 nitrogen and oxygen atoms in total. The van der Waals surface area contributed by atoms with E-state index in [1.54, 1.807) is 13.0 Å². The molecule has 1 aromatic heterocycles. The van der Waals surface area contributed by atoms with E-state index in [1.807, 2.05) is 32.1 Å². The van der Waals surface area contributed by atoms with Crippen molar-refractivity contribution in [1.82, 2.24) is 24.8 Å². The Morgan fingerprint density at radius 1 is 1.12 bits per heavy atom. The van der Waals surface area contributed by atoms with Gasteiger partial charge in [0, 0.05) is 35.8 Å². The summed E-state index contributed by atoms with van der Waals surface area (Å²) in [5.74, 6) is -2.25. The minimum absolute atomic E-state index is 0.0183. The highest BCUT2D eigenvalue weighted by molar-refractivity contribution is 7.91. The smallest absolute Gasteiger partial charge is 0.407 e. The molecule has 302 valence electrons. The highest BCUT2D eigenvalue weighted by Gasteiger charge is 2.64. The first-order valence-electron chi connectivity index (χ1n) is 20.2. The zero-order valence-electron chi connectivity index (χ0n) is 32.3. The lowest BCUT2D eigenvalue weighted by Crippen LogP contribution is -2.59. The number of carbonyl (C=O) groups is 4. The topological polar surface area (TPSA) is 175 Å². The Kier molecular flexibility index (Phi) is 9.64. The average Bonchev–Trinajstić information content (AvgIpc) is 4.08. The van der Waals surface area contributed by atoms with E-state index in [0.29, 0.717) is 55.4 Å². The van der Waals surface area contributed by atoms with Crippen molar-refractivity contribution in [2.24, 2.45) is 11.8 Å². The summed E-state index contributed by atoms with van der Waals surface area (Å²) in [6, 6.07) is 2.63. The molecule has 0 radical (unpaired) electrons. The molecule has 4 heterocycles. The van der Waals surface area contributed by atoms with E-state index in [4.69, 9.17) is 9.72 Å². The first-order chi connectivity index (χ1) is 26.6. The van der Waals surface area contributed by atoms with Crippen molar-refractivity contribution in [2.45, 2.75) is 138 Å². The number of allylic oxidation sites excluding steroid dienone is 1. The summed E-state index contributed by atoms with van der Waals surface area (Å²) in [6.45, 7) is 5.45. The molecule has 6 aliphatic rings. The van der Waals surface area contributed by atoms with Crippen molar-refractivity contribution in [2.75, 3.05) is 13.1 Å². The molecule has 1 spiro atoms. The number of rotatable bonds is 7. The number of fused-ring (bicyclic) bond motifs is 5. The highest BCUT2D eigenvalue weighted by Crippen LogP contribution is 2.52. The summed E-state index contributed by atoms with van der Waals surface area (Å²) in [6.07, 6.45) is 9.30. The third-order valence-electron chi connectivity index (χ3n) is 12.9. The molecule has 3 aliphatic carbocycles. The summed E-state index contributed by atoms with van der Waals surface area (Å²) in [5, 5.41) is 14.0. The van der Waals surface area contributed by atoms with E-state index >= 15 is 4.39 Å². The molecule has 0 unspecified atom stereocenters. The monoisotopic (exact) mass is 793 g/mol. The second-order valence-electron chi connectivity index (χ2n) is 17.8. The van der Waals surface area contributed by atoms with E-state index in [9.17, 15) is 32.7 Å². The normalized spacial score (nSPS) is 30.6. The number of amides is 4. The zero-order valence-corrected chi connectivity index (χ0v) is 33.1. The van der Waals surface area contributed by atoms with Crippen LogP contribution in [0, 0.1) is 17.7 Å². The average molecular weight is 794 g/mol. The van der Waals surface area contributed by atoms with Gasteiger partial charge in [0.05, 0.1) is 17.0 Å². The first-order valence-corrected chi connectivity index (χ1v) is 21.7. The lowest BCUT2D eigenvalue weighted by molar-refractivity contribution is -0.143. The third kappa shape index (κ3) is 6.91. The number of hydrogen-bond acceptors (Lipinski definition) is 8. The number of carbonyl (C=O) groups excluding carboxylic acids is 3. The van der Waals surface area contributed by atoms with Crippen LogP contribution in [-0.4, -0.2) is 93.2 Å². The number of sulfonamides is 1. The summed E-state index contributed by atoms with van der Waals surface area (Å²) in [4.78, 5) is 63.9. The van der Waals surface area contributed by atoms with E-state index in [-0.39, 0.29) is 49.7 Å². The van der Waals surface area contributed by atoms with Crippen molar-refractivity contribution < 1.29 is 41.8 Å². The van der Waals surface area contributed by atoms with E-state index < -0.39 is 73.5 Å². The fourth-order valence-electron chi connectivity index (χ4n) is 9.04. The number of nitrogens with one attached hydrogen (secondary N) is 2. The van der Waals surface area contributed by atoms with Gasteiger partial charge in [-0.05, 0) is 83.1 Å². The van der Waals surface area contributed by atoms with Gasteiger partial charge in [-0.15, -0.1) is 0 Å². The lowest BCUT2D eigenvalue weighted by atomic mass is 9.86. The van der Waals surface area contributed by atoms with Crippen molar-refractivity contribution in [3.8, 4) is 5.75 Å². The molecular weight excluding hydrogens is 742 g/mol. The Morgan fingerprint density at radius 2 is 1.89 bits per heavy atom. The standard InChI is InChI=1S/C41H52FN5O8S/c1-24(2)22-46(38(51)52)30-13-8-6-4-5-7-10-26-20-41(26,37(50)45-56(53,54)39(3)18-19-39)44-35(48)31-21-40(23-47(31)36(30)49)17-16-28-27-11-9-12-29(42)33(27)43-32(25-14-15-25)34(28)55-40/h7,9-12,24-26,30-31H,4-6,8,13-23H2,1-3H3,(H,44,48)(H,45,50)(H,51,52)/b10-7-/t26-,30+,31+,40-,41-/m1/s1. The lowest BCUT2D eigenvalue weighted by Gasteiger charge is -2.38. The minimum Gasteiger partial charge on any atom is -0.483 e. The molecule has 4 amide bonds.